The van der Waals surface area contributed by atoms with E-state index >= 15 is 0 Å². The molecule has 0 aliphatic heterocycles. The molecule has 0 radical (unpaired) electrons. The van der Waals surface area contributed by atoms with Gasteiger partial charge in [0, 0.05) is 30.7 Å². The Morgan fingerprint density at radius 1 is 1.20 bits per heavy atom. The van der Waals surface area contributed by atoms with Crippen LogP contribution in [-0.4, -0.2) is 34.2 Å². The van der Waals surface area contributed by atoms with Crippen LogP contribution in [0, 0.1) is 5.92 Å². The van der Waals surface area contributed by atoms with Gasteiger partial charge in [-0.2, -0.15) is 5.10 Å². The Balaban J connectivity index is 1.89. The van der Waals surface area contributed by atoms with Crippen molar-refractivity contribution in [1.82, 2.24) is 20.4 Å². The van der Waals surface area contributed by atoms with Gasteiger partial charge in [0.05, 0.1) is 6.54 Å². The second kappa shape index (κ2) is 12.7. The summed E-state index contributed by atoms with van der Waals surface area (Å²) in [6.07, 6.45) is 7.02. The highest BCUT2D eigenvalue weighted by molar-refractivity contribution is 5.90. The van der Waals surface area contributed by atoms with Gasteiger partial charge in [-0.25, -0.2) is 4.99 Å². The Bertz CT molecular complexity index is 785. The number of aliphatic imine (C=N–C) groups is 1. The summed E-state index contributed by atoms with van der Waals surface area (Å²) in [5.74, 6) is 1.46. The number of nitrogens with zero attached hydrogens (tertiary/aromatic N) is 3. The molecule has 0 spiro atoms. The third-order valence-electron chi connectivity index (χ3n) is 4.64. The molecule has 0 aliphatic rings. The predicted molar refractivity (Wildman–Crippen MR) is 123 cm³/mol. The van der Waals surface area contributed by atoms with Crippen molar-refractivity contribution < 1.29 is 4.79 Å². The van der Waals surface area contributed by atoms with E-state index in [2.05, 4.69) is 48.7 Å². The number of guanidine groups is 1. The number of hydrogen-bond acceptors (Lipinski definition) is 3. The molecule has 0 aliphatic carbocycles. The van der Waals surface area contributed by atoms with Crippen molar-refractivity contribution in [3.05, 3.63) is 48.3 Å². The van der Waals surface area contributed by atoms with Crippen LogP contribution in [0.3, 0.4) is 0 Å². The Labute approximate surface area is 180 Å². The highest BCUT2D eigenvalue weighted by atomic mass is 16.2. The number of aromatic nitrogens is 2. The number of amides is 1. The molecule has 164 valence electrons. The quantitative estimate of drug-likeness (QED) is 0.387. The molecule has 7 heteroatoms. The summed E-state index contributed by atoms with van der Waals surface area (Å²) in [5, 5.41) is 13.8. The van der Waals surface area contributed by atoms with Gasteiger partial charge < -0.3 is 16.0 Å². The summed E-state index contributed by atoms with van der Waals surface area (Å²) in [4.78, 5) is 16.9. The van der Waals surface area contributed by atoms with E-state index in [0.717, 1.165) is 36.1 Å². The summed E-state index contributed by atoms with van der Waals surface area (Å²) in [7, 11) is 0. The third-order valence-corrected chi connectivity index (χ3v) is 4.64. The molecule has 1 heterocycles. The summed E-state index contributed by atoms with van der Waals surface area (Å²) in [5.41, 5.74) is 1.80. The summed E-state index contributed by atoms with van der Waals surface area (Å²) in [6.45, 7) is 10.3. The lowest BCUT2D eigenvalue weighted by Crippen LogP contribution is -2.42. The number of nitrogens with one attached hydrogen (secondary N) is 3. The van der Waals surface area contributed by atoms with E-state index in [0.29, 0.717) is 12.6 Å². The Hall–Kier alpha value is -2.83. The van der Waals surface area contributed by atoms with Crippen LogP contribution in [0.2, 0.25) is 0 Å². The van der Waals surface area contributed by atoms with Crippen molar-refractivity contribution >= 4 is 17.6 Å². The van der Waals surface area contributed by atoms with Gasteiger partial charge >= 0.3 is 0 Å². The van der Waals surface area contributed by atoms with Gasteiger partial charge in [-0.3, -0.25) is 9.48 Å². The zero-order valence-corrected chi connectivity index (χ0v) is 18.7. The van der Waals surface area contributed by atoms with Gasteiger partial charge in [0.25, 0.3) is 0 Å². The van der Waals surface area contributed by atoms with E-state index in [1.165, 1.54) is 12.8 Å². The molecule has 3 N–H and O–H groups in total. The predicted octanol–water partition coefficient (Wildman–Crippen LogP) is 3.79. The maximum atomic E-state index is 12.2. The van der Waals surface area contributed by atoms with Gasteiger partial charge in [0.2, 0.25) is 5.91 Å². The minimum absolute atomic E-state index is 0.107. The molecule has 1 aromatic carbocycles. The van der Waals surface area contributed by atoms with Gasteiger partial charge in [0.1, 0.15) is 6.54 Å². The van der Waals surface area contributed by atoms with Crippen LogP contribution in [0.15, 0.2) is 47.7 Å². The first-order valence-electron chi connectivity index (χ1n) is 10.9. The molecule has 1 unspecified atom stereocenters. The lowest BCUT2D eigenvalue weighted by Gasteiger charge is -2.18. The van der Waals surface area contributed by atoms with Crippen LogP contribution in [-0.2, 0) is 17.9 Å². The van der Waals surface area contributed by atoms with E-state index in [1.807, 2.05) is 24.3 Å². The van der Waals surface area contributed by atoms with E-state index in [9.17, 15) is 4.79 Å². The number of benzene rings is 1. The van der Waals surface area contributed by atoms with E-state index in [-0.39, 0.29) is 12.5 Å². The zero-order valence-electron chi connectivity index (χ0n) is 18.7. The Kier molecular flexibility index (Phi) is 9.91. The molecular weight excluding hydrogens is 376 g/mol. The number of carbonyl (C=O) groups excluding carboxylic acids is 1. The maximum absolute atomic E-state index is 12.2. The van der Waals surface area contributed by atoms with Gasteiger partial charge in [-0.05, 0) is 49.9 Å². The molecule has 30 heavy (non-hydrogen) atoms. The van der Waals surface area contributed by atoms with Crippen LogP contribution in [0.1, 0.15) is 52.5 Å². The summed E-state index contributed by atoms with van der Waals surface area (Å²) >= 11 is 0. The molecular formula is C23H36N6O. The molecule has 0 bridgehead atoms. The highest BCUT2D eigenvalue weighted by Crippen LogP contribution is 2.12. The minimum atomic E-state index is -0.107. The highest BCUT2D eigenvalue weighted by Gasteiger charge is 2.07. The largest absolute Gasteiger partial charge is 0.357 e. The lowest BCUT2D eigenvalue weighted by atomic mass is 10.0. The average Bonchev–Trinajstić information content (AvgIpc) is 3.19. The van der Waals surface area contributed by atoms with Crippen molar-refractivity contribution in [2.75, 3.05) is 11.9 Å². The molecule has 7 nitrogen and oxygen atoms in total. The fraction of sp³-hybridized carbons (Fsp3) is 0.522. The molecule has 0 saturated heterocycles. The van der Waals surface area contributed by atoms with E-state index < -0.39 is 0 Å². The minimum Gasteiger partial charge on any atom is -0.357 e. The summed E-state index contributed by atoms with van der Waals surface area (Å²) in [6, 6.07) is 9.96. The first-order valence-corrected chi connectivity index (χ1v) is 10.9. The molecule has 0 saturated carbocycles. The number of rotatable bonds is 11. The first kappa shape index (κ1) is 23.4. The van der Waals surface area contributed by atoms with Crippen LogP contribution in [0.25, 0.3) is 0 Å². The summed E-state index contributed by atoms with van der Waals surface area (Å²) < 4.78 is 1.60. The molecule has 1 atom stereocenters. The molecule has 0 fully saturated rings. The number of carbonyl (C=O) groups is 1. The lowest BCUT2D eigenvalue weighted by molar-refractivity contribution is -0.116. The topological polar surface area (TPSA) is 83.3 Å². The van der Waals surface area contributed by atoms with Crippen molar-refractivity contribution in [3.63, 3.8) is 0 Å². The Morgan fingerprint density at radius 2 is 2.03 bits per heavy atom. The second-order valence-electron chi connectivity index (χ2n) is 8.02. The van der Waals surface area contributed by atoms with Crippen LogP contribution < -0.4 is 16.0 Å². The van der Waals surface area contributed by atoms with Crippen LogP contribution >= 0.6 is 0 Å². The molecule has 1 amide bonds. The fourth-order valence-electron chi connectivity index (χ4n) is 3.12. The van der Waals surface area contributed by atoms with Crippen LogP contribution in [0.5, 0.6) is 0 Å². The number of anilines is 1. The first-order chi connectivity index (χ1) is 14.5. The molecule has 2 rings (SSSR count). The van der Waals surface area contributed by atoms with Crippen molar-refractivity contribution in [2.45, 2.75) is 66.1 Å². The molecule has 1 aromatic heterocycles. The van der Waals surface area contributed by atoms with Crippen molar-refractivity contribution in [1.29, 1.82) is 0 Å². The standard InChI is InChI=1S/C23H36N6O/c1-5-24-23(27-19(4)10-6-9-18(2)3)25-16-20-11-7-12-21(15-20)28-22(30)17-29-14-8-13-26-29/h7-8,11-15,18-19H,5-6,9-10,16-17H2,1-4H3,(H,28,30)(H2,24,25,27). The van der Waals surface area contributed by atoms with Crippen molar-refractivity contribution in [2.24, 2.45) is 10.9 Å². The monoisotopic (exact) mass is 412 g/mol. The van der Waals surface area contributed by atoms with E-state index in [4.69, 9.17) is 4.99 Å². The van der Waals surface area contributed by atoms with Gasteiger partial charge in [-0.15, -0.1) is 0 Å². The van der Waals surface area contributed by atoms with Crippen molar-refractivity contribution in [3.8, 4) is 0 Å². The SMILES string of the molecule is CCNC(=NCc1cccc(NC(=O)Cn2cccn2)c1)NC(C)CCCC(C)C. The number of hydrogen-bond donors (Lipinski definition) is 3. The fourth-order valence-corrected chi connectivity index (χ4v) is 3.12. The molecule has 2 aromatic rings. The van der Waals surface area contributed by atoms with Gasteiger partial charge in [0.15, 0.2) is 5.96 Å². The third kappa shape index (κ3) is 9.11. The van der Waals surface area contributed by atoms with Gasteiger partial charge in [-0.1, -0.05) is 38.8 Å². The zero-order chi connectivity index (χ0) is 21.8. The normalized spacial score (nSPS) is 12.6. The Morgan fingerprint density at radius 3 is 2.73 bits per heavy atom. The second-order valence-corrected chi connectivity index (χ2v) is 8.02. The smallest absolute Gasteiger partial charge is 0.246 e. The van der Waals surface area contributed by atoms with E-state index in [1.54, 1.807) is 23.1 Å². The van der Waals surface area contributed by atoms with Crippen LogP contribution in [0.4, 0.5) is 5.69 Å². The maximum Gasteiger partial charge on any atom is 0.246 e. The average molecular weight is 413 g/mol.